The van der Waals surface area contributed by atoms with Gasteiger partial charge in [-0.3, -0.25) is 0 Å². The third kappa shape index (κ3) is 2.46. The summed E-state index contributed by atoms with van der Waals surface area (Å²) in [4.78, 5) is -0.537. The molecule has 0 heterocycles. The Morgan fingerprint density at radius 2 is 1.19 bits per heavy atom. The molecule has 0 atom stereocenters. The lowest BCUT2D eigenvalue weighted by Crippen LogP contribution is -2.05. The van der Waals surface area contributed by atoms with Gasteiger partial charge in [0, 0.05) is 11.8 Å². The van der Waals surface area contributed by atoms with Crippen LogP contribution in [0.15, 0.2) is 0 Å². The van der Waals surface area contributed by atoms with E-state index in [1.54, 1.807) is 0 Å². The molecule has 16 heavy (non-hydrogen) atoms. The highest BCUT2D eigenvalue weighted by Crippen LogP contribution is 2.37. The van der Waals surface area contributed by atoms with Gasteiger partial charge in [-0.15, -0.1) is 46.4 Å². The van der Waals surface area contributed by atoms with Crippen molar-refractivity contribution in [3.8, 4) is 0 Å². The fourth-order valence-corrected chi connectivity index (χ4v) is 3.54. The smallest absolute Gasteiger partial charge is 0.122 e. The summed E-state index contributed by atoms with van der Waals surface area (Å²) in [5.74, 6) is 0.907. The average molecular weight is 300 g/mol. The Hall–Kier alpha value is 0.380. The lowest BCUT2D eigenvalue weighted by molar-refractivity contribution is 1.08. The SMILES string of the molecule is Cc1c(CCl)c(C)c(C(Cl)Cl)c(C)c1CCl. The maximum atomic E-state index is 6.00. The van der Waals surface area contributed by atoms with E-state index >= 15 is 0 Å². The van der Waals surface area contributed by atoms with Gasteiger partial charge in [0.15, 0.2) is 0 Å². The van der Waals surface area contributed by atoms with Crippen LogP contribution < -0.4 is 0 Å². The van der Waals surface area contributed by atoms with Gasteiger partial charge in [0.2, 0.25) is 0 Å². The topological polar surface area (TPSA) is 0 Å². The molecule has 0 aliphatic rings. The van der Waals surface area contributed by atoms with E-state index in [0.717, 1.165) is 33.4 Å². The molecule has 0 saturated heterocycles. The Balaban J connectivity index is 3.63. The predicted octanol–water partition coefficient (Wildman–Crippen LogP) is 5.57. The maximum absolute atomic E-state index is 6.00. The van der Waals surface area contributed by atoms with Crippen LogP contribution >= 0.6 is 46.4 Å². The second-order valence-electron chi connectivity index (χ2n) is 3.81. The zero-order valence-electron chi connectivity index (χ0n) is 9.50. The Labute approximate surface area is 117 Å². The molecule has 0 aliphatic heterocycles. The molecule has 1 aromatic carbocycles. The summed E-state index contributed by atoms with van der Waals surface area (Å²) >= 11 is 23.9. The largest absolute Gasteiger partial charge is 0.133 e. The summed E-state index contributed by atoms with van der Waals surface area (Å²) in [6.07, 6.45) is 0. The van der Waals surface area contributed by atoms with E-state index in [9.17, 15) is 0 Å². The van der Waals surface area contributed by atoms with Crippen molar-refractivity contribution in [2.45, 2.75) is 37.4 Å². The monoisotopic (exact) mass is 298 g/mol. The van der Waals surface area contributed by atoms with Gasteiger partial charge in [0.05, 0.1) is 0 Å². The van der Waals surface area contributed by atoms with Crippen molar-refractivity contribution in [2.75, 3.05) is 0 Å². The van der Waals surface area contributed by atoms with Crippen LogP contribution in [0.2, 0.25) is 0 Å². The molecule has 0 fully saturated rings. The zero-order valence-corrected chi connectivity index (χ0v) is 12.5. The van der Waals surface area contributed by atoms with Crippen molar-refractivity contribution >= 4 is 46.4 Å². The summed E-state index contributed by atoms with van der Waals surface area (Å²) in [5.41, 5.74) is 6.43. The van der Waals surface area contributed by atoms with Crippen molar-refractivity contribution in [1.29, 1.82) is 0 Å². The van der Waals surface area contributed by atoms with Crippen molar-refractivity contribution in [1.82, 2.24) is 0 Å². The molecule has 0 saturated carbocycles. The molecule has 0 aromatic heterocycles. The number of hydrogen-bond acceptors (Lipinski definition) is 0. The first kappa shape index (κ1) is 14.4. The fourth-order valence-electron chi connectivity index (χ4n) is 2.08. The molecule has 0 bridgehead atoms. The van der Waals surface area contributed by atoms with Crippen LogP contribution in [0.5, 0.6) is 0 Å². The summed E-state index contributed by atoms with van der Waals surface area (Å²) in [5, 5.41) is 0. The van der Waals surface area contributed by atoms with Crippen LogP contribution in [0, 0.1) is 20.8 Å². The molecular formula is C12H14Cl4. The normalized spacial score (nSPS) is 11.2. The minimum absolute atomic E-state index is 0.454. The minimum Gasteiger partial charge on any atom is -0.122 e. The van der Waals surface area contributed by atoms with Crippen molar-refractivity contribution in [3.05, 3.63) is 33.4 Å². The molecule has 0 unspecified atom stereocenters. The van der Waals surface area contributed by atoms with Gasteiger partial charge in [-0.05, 0) is 54.2 Å². The van der Waals surface area contributed by atoms with Gasteiger partial charge in [0.1, 0.15) is 4.84 Å². The maximum Gasteiger partial charge on any atom is 0.133 e. The number of hydrogen-bond donors (Lipinski definition) is 0. The third-order valence-electron chi connectivity index (χ3n) is 3.10. The standard InChI is InChI=1S/C12H14Cl4/c1-6-9(4-13)7(2)11(12(15)16)8(3)10(6)5-14/h12H,4-5H2,1-3H3. The molecule has 0 radical (unpaired) electrons. The number of benzene rings is 1. The fraction of sp³-hybridized carbons (Fsp3) is 0.500. The number of alkyl halides is 4. The first-order valence-corrected chi connectivity index (χ1v) is 6.91. The predicted molar refractivity (Wildman–Crippen MR) is 74.2 cm³/mol. The van der Waals surface area contributed by atoms with Gasteiger partial charge in [-0.25, -0.2) is 0 Å². The molecule has 0 aliphatic carbocycles. The highest BCUT2D eigenvalue weighted by atomic mass is 35.5. The van der Waals surface area contributed by atoms with Crippen molar-refractivity contribution < 1.29 is 0 Å². The van der Waals surface area contributed by atoms with E-state index in [0.29, 0.717) is 11.8 Å². The number of rotatable bonds is 3. The second-order valence-corrected chi connectivity index (χ2v) is 5.44. The third-order valence-corrected chi connectivity index (χ3v) is 4.08. The highest BCUT2D eigenvalue weighted by Gasteiger charge is 2.19. The molecule has 0 spiro atoms. The molecule has 1 aromatic rings. The van der Waals surface area contributed by atoms with E-state index in [1.807, 2.05) is 20.8 Å². The lowest BCUT2D eigenvalue weighted by atomic mass is 9.90. The van der Waals surface area contributed by atoms with E-state index < -0.39 is 4.84 Å². The van der Waals surface area contributed by atoms with Crippen LogP contribution in [0.1, 0.15) is 38.2 Å². The van der Waals surface area contributed by atoms with Crippen LogP contribution in [-0.4, -0.2) is 0 Å². The van der Waals surface area contributed by atoms with Crippen molar-refractivity contribution in [3.63, 3.8) is 0 Å². The van der Waals surface area contributed by atoms with Gasteiger partial charge < -0.3 is 0 Å². The van der Waals surface area contributed by atoms with E-state index in [1.165, 1.54) is 0 Å². The van der Waals surface area contributed by atoms with Crippen LogP contribution in [0.3, 0.4) is 0 Å². The Morgan fingerprint density at radius 1 is 0.812 bits per heavy atom. The molecule has 0 N–H and O–H groups in total. The molecule has 90 valence electrons. The van der Waals surface area contributed by atoms with E-state index in [4.69, 9.17) is 46.4 Å². The summed E-state index contributed by atoms with van der Waals surface area (Å²) in [6, 6.07) is 0. The second kappa shape index (κ2) is 5.82. The minimum atomic E-state index is -0.537. The molecule has 4 heteroatoms. The summed E-state index contributed by atoms with van der Waals surface area (Å²) < 4.78 is 0. The lowest BCUT2D eigenvalue weighted by Gasteiger charge is -2.20. The molecule has 0 nitrogen and oxygen atoms in total. The summed E-state index contributed by atoms with van der Waals surface area (Å²) in [7, 11) is 0. The molecule has 1 rings (SSSR count). The molecular weight excluding hydrogens is 286 g/mol. The van der Waals surface area contributed by atoms with Crippen LogP contribution in [0.25, 0.3) is 0 Å². The van der Waals surface area contributed by atoms with Crippen molar-refractivity contribution in [2.24, 2.45) is 0 Å². The quantitative estimate of drug-likeness (QED) is 0.640. The first-order chi connectivity index (χ1) is 7.45. The Morgan fingerprint density at radius 3 is 1.44 bits per heavy atom. The Bertz CT molecular complexity index is 365. The van der Waals surface area contributed by atoms with Crippen LogP contribution in [-0.2, 0) is 11.8 Å². The number of halogens is 4. The Kier molecular flexibility index (Phi) is 5.25. The van der Waals surface area contributed by atoms with Crippen LogP contribution in [0.4, 0.5) is 0 Å². The van der Waals surface area contributed by atoms with Gasteiger partial charge in [-0.1, -0.05) is 0 Å². The molecule has 0 amide bonds. The zero-order chi connectivity index (χ0) is 12.5. The van der Waals surface area contributed by atoms with E-state index in [2.05, 4.69) is 0 Å². The first-order valence-electron chi connectivity index (χ1n) is 4.97. The van der Waals surface area contributed by atoms with Gasteiger partial charge >= 0.3 is 0 Å². The average Bonchev–Trinajstić information content (AvgIpc) is 2.18. The highest BCUT2D eigenvalue weighted by molar-refractivity contribution is 6.44. The van der Waals surface area contributed by atoms with Gasteiger partial charge in [-0.2, -0.15) is 0 Å². The van der Waals surface area contributed by atoms with Gasteiger partial charge in [0.25, 0.3) is 0 Å². The van der Waals surface area contributed by atoms with E-state index in [-0.39, 0.29) is 0 Å². The summed E-state index contributed by atoms with van der Waals surface area (Å²) in [6.45, 7) is 6.04.